The first-order chi connectivity index (χ1) is 25.4. The molecule has 0 bridgehead atoms. The maximum absolute atomic E-state index is 13.1. The van der Waals surface area contributed by atoms with Crippen LogP contribution in [0.2, 0.25) is 0 Å². The van der Waals surface area contributed by atoms with E-state index >= 15 is 0 Å². The summed E-state index contributed by atoms with van der Waals surface area (Å²) in [4.78, 5) is 73.0. The van der Waals surface area contributed by atoms with Gasteiger partial charge in [0.25, 0.3) is 10.1 Å². The Bertz CT molecular complexity index is 1620. The summed E-state index contributed by atoms with van der Waals surface area (Å²) in [6.45, 7) is 0.0846. The third-order valence-electron chi connectivity index (χ3n) is 8.37. The van der Waals surface area contributed by atoms with Crippen molar-refractivity contribution in [3.05, 3.63) is 29.3 Å². The van der Waals surface area contributed by atoms with E-state index in [1.54, 1.807) is 12.1 Å². The summed E-state index contributed by atoms with van der Waals surface area (Å²) in [5, 5.41) is 53.9. The second kappa shape index (κ2) is 20.3. The van der Waals surface area contributed by atoms with Crippen molar-refractivity contribution >= 4 is 45.7 Å². The van der Waals surface area contributed by atoms with E-state index in [1.807, 2.05) is 0 Å². The number of aliphatic hydroxyl groups is 3. The fraction of sp³-hybridized carbons (Fsp3) is 0.625. The first-order valence-electron chi connectivity index (χ1n) is 16.8. The molecular formula is C32H45N3O18S. The van der Waals surface area contributed by atoms with Gasteiger partial charge in [-0.3, -0.25) is 28.5 Å². The number of aliphatic carboxylic acids is 2. The summed E-state index contributed by atoms with van der Waals surface area (Å²) < 4.78 is 52.2. The van der Waals surface area contributed by atoms with Crippen LogP contribution in [0.3, 0.4) is 0 Å². The number of likely N-dealkylation sites (tertiary alicyclic amines) is 1. The number of benzene rings is 1. The number of nitrogens with one attached hydrogen (secondary N) is 2. The molecule has 0 spiro atoms. The lowest BCUT2D eigenvalue weighted by molar-refractivity contribution is -0.271. The normalized spacial score (nSPS) is 24.1. The number of ether oxygens (including phenoxy) is 4. The van der Waals surface area contributed by atoms with Crippen molar-refractivity contribution in [3.8, 4) is 5.75 Å². The summed E-state index contributed by atoms with van der Waals surface area (Å²) >= 11 is 0. The van der Waals surface area contributed by atoms with Gasteiger partial charge in [0, 0.05) is 25.5 Å². The summed E-state index contributed by atoms with van der Waals surface area (Å²) in [5.74, 6) is -5.91. The maximum Gasteiger partial charge on any atom is 0.335 e. The number of carbonyl (C=O) groups excluding carboxylic acids is 4. The Morgan fingerprint density at radius 3 is 2.37 bits per heavy atom. The van der Waals surface area contributed by atoms with E-state index in [0.29, 0.717) is 30.4 Å². The van der Waals surface area contributed by atoms with Crippen molar-refractivity contribution in [3.63, 3.8) is 0 Å². The van der Waals surface area contributed by atoms with Crippen LogP contribution in [0.1, 0.15) is 50.2 Å². The Hall–Kier alpha value is -4.45. The Morgan fingerprint density at radius 2 is 1.72 bits per heavy atom. The van der Waals surface area contributed by atoms with Crippen LogP contribution in [0.25, 0.3) is 0 Å². The van der Waals surface area contributed by atoms with Gasteiger partial charge in [-0.05, 0) is 37.3 Å². The lowest BCUT2D eigenvalue weighted by atomic mass is 9.99. The Labute approximate surface area is 309 Å². The Balaban J connectivity index is 1.57. The summed E-state index contributed by atoms with van der Waals surface area (Å²) in [5.41, 5.74) is 1.00. The van der Waals surface area contributed by atoms with Crippen LogP contribution in [-0.2, 0) is 66.1 Å². The van der Waals surface area contributed by atoms with Crippen LogP contribution in [0.4, 0.5) is 0 Å². The zero-order chi connectivity index (χ0) is 40.2. The summed E-state index contributed by atoms with van der Waals surface area (Å²) in [7, 11) is -4.31. The molecule has 2 aliphatic heterocycles. The molecule has 2 saturated heterocycles. The van der Waals surface area contributed by atoms with Gasteiger partial charge in [0.05, 0.1) is 38.0 Å². The molecule has 8 N–H and O–H groups in total. The summed E-state index contributed by atoms with van der Waals surface area (Å²) in [6, 6.07) is 2.98. The molecular weight excluding hydrogens is 746 g/mol. The molecule has 2 heterocycles. The SMILES string of the molecule is CC(=O)OCc1ccc(CCCCNC(=O)CN2C(=O)[C@@H](NC(=O)CCC(=O)O)C[C@H]2COCCS(=O)(=O)O)cc1O[C@@H]1O[C@H](C(=O)O)[C@@H](O)[C@H](O)[C@H]1O. The monoisotopic (exact) mass is 791 g/mol. The number of carbonyl (C=O) groups is 6. The topological polar surface area (TPSA) is 322 Å². The maximum atomic E-state index is 13.1. The lowest BCUT2D eigenvalue weighted by Crippen LogP contribution is -2.61. The van der Waals surface area contributed by atoms with Crippen molar-refractivity contribution in [2.45, 2.75) is 94.8 Å². The standard InChI is InChI=1S/C32H45N3O18S/c1-17(36)51-15-19-6-5-18(12-22(19)52-32-28(43)26(41)27(42)29(53-32)31(45)46)4-2-3-9-33-24(38)14-35-20(16-50-10-11-54(47,48)49)13-21(30(35)44)34-23(37)7-8-25(39)40/h5-6,12,20-21,26-29,32,41-43H,2-4,7-11,13-16H2,1H3,(H,33,38)(H,34,37)(H,39,40)(H,45,46)(H,47,48,49)/t20-,21-,26-,27-,28+,29-,32+/m0/s1. The van der Waals surface area contributed by atoms with Crippen molar-refractivity contribution in [1.82, 2.24) is 15.5 Å². The van der Waals surface area contributed by atoms with Gasteiger partial charge < -0.3 is 60.0 Å². The van der Waals surface area contributed by atoms with Gasteiger partial charge in [0.2, 0.25) is 24.0 Å². The van der Waals surface area contributed by atoms with E-state index in [0.717, 1.165) is 4.90 Å². The Kier molecular flexibility index (Phi) is 16.5. The molecule has 0 unspecified atom stereocenters. The van der Waals surface area contributed by atoms with Crippen molar-refractivity contribution in [2.24, 2.45) is 0 Å². The minimum atomic E-state index is -4.31. The number of rotatable bonds is 21. The van der Waals surface area contributed by atoms with Gasteiger partial charge in [-0.15, -0.1) is 0 Å². The molecule has 0 aliphatic carbocycles. The molecule has 0 aromatic heterocycles. The van der Waals surface area contributed by atoms with E-state index in [4.69, 9.17) is 28.6 Å². The molecule has 1 aromatic carbocycles. The molecule has 3 amide bonds. The smallest absolute Gasteiger partial charge is 0.335 e. The minimum Gasteiger partial charge on any atom is -0.481 e. The quantitative estimate of drug-likeness (QED) is 0.0357. The average Bonchev–Trinajstić information content (AvgIpc) is 3.37. The lowest BCUT2D eigenvalue weighted by Gasteiger charge is -2.38. The predicted octanol–water partition coefficient (Wildman–Crippen LogP) is -2.69. The van der Waals surface area contributed by atoms with Gasteiger partial charge in [-0.2, -0.15) is 8.42 Å². The minimum absolute atomic E-state index is 0.00330. The number of amides is 3. The van der Waals surface area contributed by atoms with E-state index in [2.05, 4.69) is 10.6 Å². The van der Waals surface area contributed by atoms with Gasteiger partial charge in [0.15, 0.2) is 6.10 Å². The van der Waals surface area contributed by atoms with Crippen LogP contribution >= 0.6 is 0 Å². The van der Waals surface area contributed by atoms with E-state index in [1.165, 1.54) is 13.0 Å². The number of hydrogen-bond acceptors (Lipinski definition) is 15. The van der Waals surface area contributed by atoms with E-state index in [9.17, 15) is 57.6 Å². The van der Waals surface area contributed by atoms with E-state index < -0.39 is 114 Å². The van der Waals surface area contributed by atoms with Crippen molar-refractivity contribution in [2.75, 3.05) is 32.1 Å². The van der Waals surface area contributed by atoms with Crippen LogP contribution in [0, 0.1) is 0 Å². The number of aryl methyl sites for hydroxylation is 1. The molecule has 1 aromatic rings. The molecule has 0 radical (unpaired) electrons. The number of nitrogens with zero attached hydrogens (tertiary/aromatic N) is 1. The molecule has 22 heteroatoms. The highest BCUT2D eigenvalue weighted by molar-refractivity contribution is 7.85. The number of unbranched alkanes of at least 4 members (excludes halogenated alkanes) is 1. The molecule has 0 saturated carbocycles. The van der Waals surface area contributed by atoms with Crippen LogP contribution in [0.5, 0.6) is 5.75 Å². The number of hydrogen-bond donors (Lipinski definition) is 8. The highest BCUT2D eigenvalue weighted by Gasteiger charge is 2.48. The first-order valence-corrected chi connectivity index (χ1v) is 18.4. The predicted molar refractivity (Wildman–Crippen MR) is 179 cm³/mol. The van der Waals surface area contributed by atoms with E-state index in [-0.39, 0.29) is 38.3 Å². The Morgan fingerprint density at radius 1 is 1.00 bits per heavy atom. The second-order valence-electron chi connectivity index (χ2n) is 12.6. The van der Waals surface area contributed by atoms with Gasteiger partial charge >= 0.3 is 17.9 Å². The highest BCUT2D eigenvalue weighted by Crippen LogP contribution is 2.29. The van der Waals surface area contributed by atoms with Gasteiger partial charge in [-0.1, -0.05) is 12.1 Å². The van der Waals surface area contributed by atoms with Gasteiger partial charge in [0.1, 0.15) is 36.7 Å². The number of esters is 1. The number of carboxylic acid groups (broad SMARTS) is 2. The molecule has 2 fully saturated rings. The van der Waals surface area contributed by atoms with Crippen LogP contribution < -0.4 is 15.4 Å². The number of aliphatic hydroxyl groups excluding tert-OH is 3. The average molecular weight is 792 g/mol. The molecule has 7 atom stereocenters. The highest BCUT2D eigenvalue weighted by atomic mass is 32.2. The molecule has 302 valence electrons. The third-order valence-corrected chi connectivity index (χ3v) is 9.06. The van der Waals surface area contributed by atoms with Crippen LogP contribution in [0.15, 0.2) is 18.2 Å². The molecule has 21 nitrogen and oxygen atoms in total. The largest absolute Gasteiger partial charge is 0.481 e. The first kappa shape index (κ1) is 44.0. The fourth-order valence-electron chi connectivity index (χ4n) is 5.57. The third kappa shape index (κ3) is 13.8. The fourth-order valence-corrected chi connectivity index (χ4v) is 5.89. The molecule has 3 rings (SSSR count). The molecule has 2 aliphatic rings. The second-order valence-corrected chi connectivity index (χ2v) is 14.2. The van der Waals surface area contributed by atoms with Gasteiger partial charge in [-0.25, -0.2) is 4.79 Å². The van der Waals surface area contributed by atoms with Crippen molar-refractivity contribution < 1.29 is 86.2 Å². The number of carboxylic acids is 2. The van der Waals surface area contributed by atoms with Crippen LogP contribution in [-0.4, -0.2) is 154 Å². The molecule has 54 heavy (non-hydrogen) atoms. The summed E-state index contributed by atoms with van der Waals surface area (Å²) in [6.07, 6.45) is -8.73. The van der Waals surface area contributed by atoms with Crippen molar-refractivity contribution in [1.29, 1.82) is 0 Å². The zero-order valence-electron chi connectivity index (χ0n) is 29.2. The zero-order valence-corrected chi connectivity index (χ0v) is 30.0.